The molecule has 0 spiro atoms. The maximum Gasteiger partial charge on any atom is 0.243 e. The highest BCUT2D eigenvalue weighted by molar-refractivity contribution is 5.96. The van der Waals surface area contributed by atoms with E-state index in [0.717, 1.165) is 5.56 Å². The van der Waals surface area contributed by atoms with Crippen LogP contribution in [0.25, 0.3) is 0 Å². The van der Waals surface area contributed by atoms with Crippen LogP contribution in [0.5, 0.6) is 5.75 Å². The first kappa shape index (κ1) is 17.0. The molecule has 6 nitrogen and oxygen atoms in total. The third-order valence-corrected chi connectivity index (χ3v) is 3.16. The van der Waals surface area contributed by atoms with Gasteiger partial charge >= 0.3 is 0 Å². The number of aromatic hydroxyl groups is 1. The van der Waals surface area contributed by atoms with Gasteiger partial charge in [-0.05, 0) is 37.0 Å². The molecule has 0 aromatic heterocycles. The fraction of sp³-hybridized carbons (Fsp3) is 0.467. The third-order valence-electron chi connectivity index (χ3n) is 3.16. The molecule has 116 valence electrons. The Hall–Kier alpha value is -2.08. The van der Waals surface area contributed by atoms with Gasteiger partial charge in [-0.25, -0.2) is 0 Å². The number of anilines is 1. The Balaban J connectivity index is 2.61. The van der Waals surface area contributed by atoms with Gasteiger partial charge in [0, 0.05) is 0 Å². The molecule has 0 saturated carbocycles. The highest BCUT2D eigenvalue weighted by atomic mass is 16.3. The van der Waals surface area contributed by atoms with Crippen molar-refractivity contribution in [2.45, 2.75) is 33.7 Å². The van der Waals surface area contributed by atoms with Crippen molar-refractivity contribution in [3.05, 3.63) is 23.3 Å². The van der Waals surface area contributed by atoms with Crippen LogP contribution < -0.4 is 16.4 Å². The first-order valence-corrected chi connectivity index (χ1v) is 6.85. The average molecular weight is 293 g/mol. The van der Waals surface area contributed by atoms with Crippen LogP contribution in [0.2, 0.25) is 0 Å². The molecule has 2 amide bonds. The summed E-state index contributed by atoms with van der Waals surface area (Å²) in [6, 6.07) is 2.84. The summed E-state index contributed by atoms with van der Waals surface area (Å²) in [7, 11) is 0. The van der Waals surface area contributed by atoms with E-state index < -0.39 is 11.9 Å². The van der Waals surface area contributed by atoms with Crippen LogP contribution >= 0.6 is 0 Å². The lowest BCUT2D eigenvalue weighted by Crippen LogP contribution is -2.46. The van der Waals surface area contributed by atoms with Gasteiger partial charge in [-0.1, -0.05) is 19.9 Å². The van der Waals surface area contributed by atoms with Crippen molar-refractivity contribution in [1.29, 1.82) is 0 Å². The summed E-state index contributed by atoms with van der Waals surface area (Å²) in [5.74, 6) is -0.764. The number of amides is 2. The van der Waals surface area contributed by atoms with Crippen molar-refractivity contribution in [1.82, 2.24) is 5.32 Å². The molecule has 0 radical (unpaired) electrons. The number of phenols is 1. The van der Waals surface area contributed by atoms with Crippen LogP contribution in [-0.4, -0.2) is 29.5 Å². The molecule has 6 heteroatoms. The number of rotatable bonds is 5. The van der Waals surface area contributed by atoms with E-state index in [1.54, 1.807) is 13.0 Å². The van der Waals surface area contributed by atoms with E-state index in [4.69, 9.17) is 5.73 Å². The summed E-state index contributed by atoms with van der Waals surface area (Å²) in [5, 5.41) is 14.9. The van der Waals surface area contributed by atoms with Gasteiger partial charge in [0.15, 0.2) is 0 Å². The van der Waals surface area contributed by atoms with Gasteiger partial charge in [0.05, 0.1) is 18.3 Å². The fourth-order valence-electron chi connectivity index (χ4n) is 1.84. The predicted molar refractivity (Wildman–Crippen MR) is 82.0 cm³/mol. The summed E-state index contributed by atoms with van der Waals surface area (Å²) in [4.78, 5) is 23.5. The molecule has 21 heavy (non-hydrogen) atoms. The van der Waals surface area contributed by atoms with Crippen LogP contribution in [0, 0.1) is 19.8 Å². The van der Waals surface area contributed by atoms with Gasteiger partial charge < -0.3 is 21.5 Å². The van der Waals surface area contributed by atoms with Crippen molar-refractivity contribution >= 4 is 17.5 Å². The number of nitrogens with two attached hydrogens (primary N) is 1. The molecule has 0 saturated heterocycles. The van der Waals surface area contributed by atoms with E-state index in [2.05, 4.69) is 10.6 Å². The SMILES string of the molecule is Cc1cc(C)c(O)c(NC(=O)CNC(=O)[C@@H](N)C(C)C)c1. The van der Waals surface area contributed by atoms with Crippen LogP contribution in [-0.2, 0) is 9.59 Å². The number of hydrogen-bond donors (Lipinski definition) is 4. The molecular formula is C15H23N3O3. The average Bonchev–Trinajstić information content (AvgIpc) is 2.40. The Kier molecular flexibility index (Phi) is 5.72. The van der Waals surface area contributed by atoms with Gasteiger partial charge in [-0.3, -0.25) is 9.59 Å². The summed E-state index contributed by atoms with van der Waals surface area (Å²) >= 11 is 0. The minimum absolute atomic E-state index is 0.00321. The van der Waals surface area contributed by atoms with Crippen LogP contribution in [0.4, 0.5) is 5.69 Å². The molecule has 0 aliphatic carbocycles. The zero-order valence-corrected chi connectivity index (χ0v) is 12.9. The van der Waals surface area contributed by atoms with Crippen LogP contribution in [0.15, 0.2) is 12.1 Å². The van der Waals surface area contributed by atoms with Gasteiger partial charge in [0.1, 0.15) is 5.75 Å². The molecule has 1 atom stereocenters. The Bertz CT molecular complexity index is 541. The Morgan fingerprint density at radius 2 is 1.90 bits per heavy atom. The molecule has 0 heterocycles. The van der Waals surface area contributed by atoms with Crippen molar-refractivity contribution in [2.75, 3.05) is 11.9 Å². The molecule has 5 N–H and O–H groups in total. The first-order valence-electron chi connectivity index (χ1n) is 6.85. The minimum Gasteiger partial charge on any atom is -0.505 e. The van der Waals surface area contributed by atoms with Gasteiger partial charge in [-0.2, -0.15) is 0 Å². The van der Waals surface area contributed by atoms with Crippen molar-refractivity contribution in [3.63, 3.8) is 0 Å². The molecule has 0 fully saturated rings. The number of hydrogen-bond acceptors (Lipinski definition) is 4. The number of carbonyl (C=O) groups excluding carboxylic acids is 2. The summed E-state index contributed by atoms with van der Waals surface area (Å²) in [6.07, 6.45) is 0. The van der Waals surface area contributed by atoms with E-state index in [1.165, 1.54) is 0 Å². The first-order chi connectivity index (χ1) is 9.72. The lowest BCUT2D eigenvalue weighted by Gasteiger charge is -2.15. The highest BCUT2D eigenvalue weighted by Crippen LogP contribution is 2.28. The lowest BCUT2D eigenvalue weighted by atomic mass is 10.1. The minimum atomic E-state index is -0.646. The fourth-order valence-corrected chi connectivity index (χ4v) is 1.84. The van der Waals surface area contributed by atoms with Gasteiger partial charge in [0.25, 0.3) is 0 Å². The zero-order chi connectivity index (χ0) is 16.2. The summed E-state index contributed by atoms with van der Waals surface area (Å²) in [6.45, 7) is 7.09. The number of benzene rings is 1. The maximum absolute atomic E-state index is 11.8. The van der Waals surface area contributed by atoms with Gasteiger partial charge in [-0.15, -0.1) is 0 Å². The molecule has 0 aliphatic heterocycles. The second-order valence-electron chi connectivity index (χ2n) is 5.51. The Labute approximate surface area is 124 Å². The summed E-state index contributed by atoms with van der Waals surface area (Å²) in [5.41, 5.74) is 7.61. The third kappa shape index (κ3) is 4.75. The van der Waals surface area contributed by atoms with Crippen molar-refractivity contribution in [2.24, 2.45) is 11.7 Å². The maximum atomic E-state index is 11.8. The monoisotopic (exact) mass is 293 g/mol. The number of carbonyl (C=O) groups is 2. The van der Waals surface area contributed by atoms with Crippen LogP contribution in [0.3, 0.4) is 0 Å². The second kappa shape index (κ2) is 7.08. The van der Waals surface area contributed by atoms with Gasteiger partial charge in [0.2, 0.25) is 11.8 Å². The highest BCUT2D eigenvalue weighted by Gasteiger charge is 2.18. The van der Waals surface area contributed by atoms with Crippen LogP contribution in [0.1, 0.15) is 25.0 Å². The predicted octanol–water partition coefficient (Wildman–Crippen LogP) is 1.05. The standard InChI is InChI=1S/C15H23N3O3/c1-8(2)13(16)15(21)17-7-12(19)18-11-6-9(3)5-10(4)14(11)20/h5-6,8,13,20H,7,16H2,1-4H3,(H,17,21)(H,18,19)/t13-/m0/s1. The molecular weight excluding hydrogens is 270 g/mol. The number of aryl methyl sites for hydroxylation is 2. The number of phenolic OH excluding ortho intramolecular Hbond substituents is 1. The van der Waals surface area contributed by atoms with Crippen molar-refractivity contribution in [3.8, 4) is 5.75 Å². The smallest absolute Gasteiger partial charge is 0.243 e. The van der Waals surface area contributed by atoms with Crippen molar-refractivity contribution < 1.29 is 14.7 Å². The lowest BCUT2D eigenvalue weighted by molar-refractivity contribution is -0.125. The largest absolute Gasteiger partial charge is 0.505 e. The molecule has 1 aromatic carbocycles. The zero-order valence-electron chi connectivity index (χ0n) is 12.9. The Morgan fingerprint density at radius 1 is 1.29 bits per heavy atom. The van der Waals surface area contributed by atoms with E-state index in [9.17, 15) is 14.7 Å². The molecule has 1 rings (SSSR count). The van der Waals surface area contributed by atoms with E-state index in [1.807, 2.05) is 26.8 Å². The number of nitrogens with one attached hydrogen (secondary N) is 2. The molecule has 0 bridgehead atoms. The molecule has 1 aromatic rings. The second-order valence-corrected chi connectivity index (χ2v) is 5.51. The Morgan fingerprint density at radius 3 is 2.48 bits per heavy atom. The molecule has 0 unspecified atom stereocenters. The summed E-state index contributed by atoms with van der Waals surface area (Å²) < 4.78 is 0. The van der Waals surface area contributed by atoms with E-state index in [-0.39, 0.29) is 24.1 Å². The normalized spacial score (nSPS) is 12.1. The topological polar surface area (TPSA) is 104 Å². The van der Waals surface area contributed by atoms with E-state index in [0.29, 0.717) is 11.3 Å². The quantitative estimate of drug-likeness (QED) is 0.609. The molecule has 0 aliphatic rings. The van der Waals surface area contributed by atoms with E-state index >= 15 is 0 Å².